The van der Waals surface area contributed by atoms with Gasteiger partial charge in [-0.05, 0) is 37.9 Å². The van der Waals surface area contributed by atoms with Crippen molar-refractivity contribution in [2.45, 2.75) is 6.43 Å². The van der Waals surface area contributed by atoms with Gasteiger partial charge in [-0.3, -0.25) is 4.99 Å². The number of nitrogens with two attached hydrogens (primary N) is 1. The van der Waals surface area contributed by atoms with Crippen molar-refractivity contribution >= 4 is 11.8 Å². The highest BCUT2D eigenvalue weighted by atomic mass is 19.3. The predicted octanol–water partition coefficient (Wildman–Crippen LogP) is 2.56. The number of likely N-dealkylation sites (N-methyl/N-ethyl adjacent to an activating group) is 1. The predicted molar refractivity (Wildman–Crippen MR) is 82.0 cm³/mol. The Morgan fingerprint density at radius 2 is 2.14 bits per heavy atom. The van der Waals surface area contributed by atoms with Gasteiger partial charge in [-0.2, -0.15) is 0 Å². The summed E-state index contributed by atoms with van der Waals surface area (Å²) < 4.78 is 31.8. The molecule has 0 saturated carbocycles. The highest BCUT2D eigenvalue weighted by Gasteiger charge is 2.16. The van der Waals surface area contributed by atoms with Crippen LogP contribution in [0.25, 0.3) is 5.57 Å². The van der Waals surface area contributed by atoms with Gasteiger partial charge in [0.2, 0.25) is 0 Å². The van der Waals surface area contributed by atoms with Gasteiger partial charge < -0.3 is 15.4 Å². The summed E-state index contributed by atoms with van der Waals surface area (Å²) in [5.41, 5.74) is 6.18. The van der Waals surface area contributed by atoms with Gasteiger partial charge >= 0.3 is 0 Å². The number of ether oxygens (including phenoxy) is 1. The maximum atomic E-state index is 13.1. The Labute approximate surface area is 123 Å². The molecule has 2 N–H and O–H groups in total. The lowest BCUT2D eigenvalue weighted by molar-refractivity contribution is 0.151. The number of rotatable bonds is 7. The quantitative estimate of drug-likeness (QED) is 0.787. The van der Waals surface area contributed by atoms with Gasteiger partial charge in [-0.25, -0.2) is 8.78 Å². The summed E-state index contributed by atoms with van der Waals surface area (Å²) in [6.45, 7) is 1.21. The Bertz CT molecular complexity index is 514. The number of alkyl halides is 2. The number of halogens is 2. The lowest BCUT2D eigenvalue weighted by atomic mass is 10.0. The molecule has 1 aromatic carbocycles. The van der Waals surface area contributed by atoms with Gasteiger partial charge in [0.05, 0.1) is 0 Å². The normalized spacial score (nSPS) is 12.6. The Morgan fingerprint density at radius 1 is 1.43 bits per heavy atom. The molecule has 0 heterocycles. The minimum absolute atomic E-state index is 0.0911. The summed E-state index contributed by atoms with van der Waals surface area (Å²) in [5.74, 6) is 0.528. The molecule has 1 rings (SSSR count). The van der Waals surface area contributed by atoms with Crippen molar-refractivity contribution < 1.29 is 13.5 Å². The fourth-order valence-corrected chi connectivity index (χ4v) is 1.75. The molecule has 0 atom stereocenters. The highest BCUT2D eigenvalue weighted by molar-refractivity contribution is 6.10. The molecular formula is C15H21F2N3O. The van der Waals surface area contributed by atoms with E-state index in [1.54, 1.807) is 13.1 Å². The monoisotopic (exact) mass is 297 g/mol. The first kappa shape index (κ1) is 17.1. The Kier molecular flexibility index (Phi) is 6.81. The molecule has 0 aromatic heterocycles. The summed E-state index contributed by atoms with van der Waals surface area (Å²) >= 11 is 0. The van der Waals surface area contributed by atoms with Crippen LogP contribution >= 0.6 is 0 Å². The van der Waals surface area contributed by atoms with E-state index < -0.39 is 6.43 Å². The molecule has 6 heteroatoms. The number of aliphatic imine (C=N–C) groups is 1. The van der Waals surface area contributed by atoms with Crippen LogP contribution in [0.4, 0.5) is 8.78 Å². The minimum atomic E-state index is -2.59. The van der Waals surface area contributed by atoms with Gasteiger partial charge in [-0.15, -0.1) is 0 Å². The highest BCUT2D eigenvalue weighted by Crippen LogP contribution is 2.30. The molecule has 0 radical (unpaired) electrons. The Morgan fingerprint density at radius 3 is 2.67 bits per heavy atom. The van der Waals surface area contributed by atoms with E-state index in [1.165, 1.54) is 24.5 Å². The number of hydrogen-bond donors (Lipinski definition) is 1. The van der Waals surface area contributed by atoms with Crippen LogP contribution in [0.1, 0.15) is 17.6 Å². The van der Waals surface area contributed by atoms with E-state index in [-0.39, 0.29) is 5.56 Å². The van der Waals surface area contributed by atoms with Crippen LogP contribution in [0.2, 0.25) is 0 Å². The molecule has 0 bridgehead atoms. The van der Waals surface area contributed by atoms with Crippen LogP contribution in [0.3, 0.4) is 0 Å². The van der Waals surface area contributed by atoms with E-state index in [0.717, 1.165) is 6.54 Å². The molecular weight excluding hydrogens is 276 g/mol. The smallest absolute Gasteiger partial charge is 0.264 e. The van der Waals surface area contributed by atoms with Crippen LogP contribution < -0.4 is 10.5 Å². The van der Waals surface area contributed by atoms with E-state index >= 15 is 0 Å². The minimum Gasteiger partial charge on any atom is -0.492 e. The lowest BCUT2D eigenvalue weighted by Crippen LogP contribution is -2.19. The van der Waals surface area contributed by atoms with Gasteiger partial charge in [0.25, 0.3) is 6.43 Å². The molecule has 0 amide bonds. The van der Waals surface area contributed by atoms with Crippen molar-refractivity contribution in [3.63, 3.8) is 0 Å². The van der Waals surface area contributed by atoms with E-state index in [1.807, 2.05) is 19.0 Å². The fourth-order valence-electron chi connectivity index (χ4n) is 1.75. The second-order valence-corrected chi connectivity index (χ2v) is 4.71. The van der Waals surface area contributed by atoms with Crippen LogP contribution in [0, 0.1) is 0 Å². The second kappa shape index (κ2) is 8.36. The van der Waals surface area contributed by atoms with Crippen molar-refractivity contribution in [1.29, 1.82) is 0 Å². The van der Waals surface area contributed by atoms with Crippen LogP contribution in [-0.2, 0) is 0 Å². The fraction of sp³-hybridized carbons (Fsp3) is 0.400. The molecule has 0 unspecified atom stereocenters. The number of benzene rings is 1. The topological polar surface area (TPSA) is 50.9 Å². The van der Waals surface area contributed by atoms with E-state index in [4.69, 9.17) is 10.5 Å². The molecule has 0 spiro atoms. The summed E-state index contributed by atoms with van der Waals surface area (Å²) in [6.07, 6.45) is 0.124. The first-order valence-electron chi connectivity index (χ1n) is 6.53. The van der Waals surface area contributed by atoms with E-state index in [2.05, 4.69) is 4.99 Å². The molecule has 0 aliphatic carbocycles. The third kappa shape index (κ3) is 5.15. The zero-order valence-electron chi connectivity index (χ0n) is 12.5. The number of allylic oxidation sites excluding steroid dienone is 1. The first-order chi connectivity index (χ1) is 9.99. The molecule has 0 aliphatic heterocycles. The third-order valence-corrected chi connectivity index (χ3v) is 2.83. The van der Waals surface area contributed by atoms with Crippen molar-refractivity contribution in [2.24, 2.45) is 10.7 Å². The molecule has 116 valence electrons. The summed E-state index contributed by atoms with van der Waals surface area (Å²) in [7, 11) is 5.42. The zero-order valence-corrected chi connectivity index (χ0v) is 12.5. The van der Waals surface area contributed by atoms with E-state index in [9.17, 15) is 8.78 Å². The molecule has 0 fully saturated rings. The Hall–Kier alpha value is -1.95. The number of nitrogens with zero attached hydrogens (tertiary/aromatic N) is 2. The first-order valence-corrected chi connectivity index (χ1v) is 6.53. The second-order valence-electron chi connectivity index (χ2n) is 4.71. The van der Waals surface area contributed by atoms with Crippen molar-refractivity contribution in [3.8, 4) is 5.75 Å². The maximum absolute atomic E-state index is 13.1. The van der Waals surface area contributed by atoms with Crippen LogP contribution in [0.5, 0.6) is 5.75 Å². The van der Waals surface area contributed by atoms with Crippen molar-refractivity contribution in [1.82, 2.24) is 4.90 Å². The maximum Gasteiger partial charge on any atom is 0.264 e. The largest absolute Gasteiger partial charge is 0.492 e. The van der Waals surface area contributed by atoms with Gasteiger partial charge in [0.15, 0.2) is 0 Å². The third-order valence-electron chi connectivity index (χ3n) is 2.83. The SMILES string of the molecule is CN=CC(=CN)c1cc(OCCN(C)C)ccc1C(F)F. The standard InChI is InChI=1S/C15H21F2N3O/c1-19-10-11(9-18)14-8-12(21-7-6-20(2)3)4-5-13(14)15(16)17/h4-5,8-10,15H,6-7,18H2,1-3H3. The van der Waals surface area contributed by atoms with E-state index in [0.29, 0.717) is 23.5 Å². The summed E-state index contributed by atoms with van der Waals surface area (Å²) in [4.78, 5) is 5.81. The zero-order chi connectivity index (χ0) is 15.8. The molecule has 4 nitrogen and oxygen atoms in total. The van der Waals surface area contributed by atoms with Gasteiger partial charge in [-0.1, -0.05) is 0 Å². The average Bonchev–Trinajstić information content (AvgIpc) is 2.44. The molecule has 1 aromatic rings. The van der Waals surface area contributed by atoms with Gasteiger partial charge in [0, 0.05) is 37.1 Å². The van der Waals surface area contributed by atoms with Crippen LogP contribution in [-0.4, -0.2) is 45.4 Å². The Balaban J connectivity index is 3.06. The van der Waals surface area contributed by atoms with Gasteiger partial charge in [0.1, 0.15) is 12.4 Å². The number of hydrogen-bond acceptors (Lipinski definition) is 4. The lowest BCUT2D eigenvalue weighted by Gasteiger charge is -2.14. The molecule has 21 heavy (non-hydrogen) atoms. The molecule has 0 aliphatic rings. The summed E-state index contributed by atoms with van der Waals surface area (Å²) in [6, 6.07) is 4.47. The van der Waals surface area contributed by atoms with Crippen molar-refractivity contribution in [2.75, 3.05) is 34.3 Å². The summed E-state index contributed by atoms with van der Waals surface area (Å²) in [5, 5.41) is 0. The molecule has 0 saturated heterocycles. The van der Waals surface area contributed by atoms with Crippen LogP contribution in [0.15, 0.2) is 29.4 Å². The average molecular weight is 297 g/mol. The van der Waals surface area contributed by atoms with Crippen molar-refractivity contribution in [3.05, 3.63) is 35.5 Å².